The molecule has 4 rings (SSSR count). The fraction of sp³-hybridized carbons (Fsp3) is 0.360. The molecule has 3 aromatic rings. The van der Waals surface area contributed by atoms with Crippen LogP contribution in [-0.4, -0.2) is 52.1 Å². The lowest BCUT2D eigenvalue weighted by atomic mass is 10.1. The average molecular weight is 448 g/mol. The summed E-state index contributed by atoms with van der Waals surface area (Å²) in [6, 6.07) is 9.95. The molecule has 33 heavy (non-hydrogen) atoms. The second kappa shape index (κ2) is 10.9. The maximum absolute atomic E-state index is 12.7. The number of hydrogen-bond donors (Lipinski definition) is 1. The maximum Gasteiger partial charge on any atom is 0.222 e. The van der Waals surface area contributed by atoms with E-state index in [2.05, 4.69) is 33.3 Å². The van der Waals surface area contributed by atoms with Crippen LogP contribution >= 0.6 is 0 Å². The first-order valence-electron chi connectivity index (χ1n) is 11.2. The zero-order valence-electron chi connectivity index (χ0n) is 19.0. The van der Waals surface area contributed by atoms with Gasteiger partial charge in [0.2, 0.25) is 5.91 Å². The van der Waals surface area contributed by atoms with Crippen LogP contribution in [0.2, 0.25) is 0 Å². The van der Waals surface area contributed by atoms with Crippen molar-refractivity contribution in [3.63, 3.8) is 0 Å². The van der Waals surface area contributed by atoms with E-state index in [1.165, 1.54) is 5.56 Å². The molecule has 1 aliphatic heterocycles. The SMILES string of the molecule is Cc1ccc(OCCCC(=O)N2CCO[C@H](c3ccc(Nc4cnccn4)cn3)C2)c(C)c1. The molecule has 1 fully saturated rings. The number of anilines is 2. The van der Waals surface area contributed by atoms with Crippen LogP contribution in [0.5, 0.6) is 5.75 Å². The first kappa shape index (κ1) is 22.7. The number of pyridine rings is 1. The maximum atomic E-state index is 12.7. The van der Waals surface area contributed by atoms with Crippen LogP contribution in [0.3, 0.4) is 0 Å². The first-order valence-corrected chi connectivity index (χ1v) is 11.2. The molecule has 0 saturated carbocycles. The number of rotatable bonds is 8. The summed E-state index contributed by atoms with van der Waals surface area (Å²) in [6.07, 6.45) is 7.52. The van der Waals surface area contributed by atoms with Gasteiger partial charge in [-0.25, -0.2) is 4.98 Å². The molecule has 1 aliphatic rings. The molecule has 172 valence electrons. The topological polar surface area (TPSA) is 89.5 Å². The third kappa shape index (κ3) is 6.26. The predicted octanol–water partition coefficient (Wildman–Crippen LogP) is 3.99. The van der Waals surface area contributed by atoms with Crippen molar-refractivity contribution in [1.82, 2.24) is 19.9 Å². The summed E-state index contributed by atoms with van der Waals surface area (Å²) in [5.74, 6) is 1.65. The molecule has 0 aliphatic carbocycles. The Kier molecular flexibility index (Phi) is 7.47. The molecule has 0 bridgehead atoms. The second-order valence-corrected chi connectivity index (χ2v) is 8.11. The van der Waals surface area contributed by atoms with Crippen molar-refractivity contribution in [3.05, 3.63) is 71.9 Å². The molecule has 3 heterocycles. The molecular weight excluding hydrogens is 418 g/mol. The van der Waals surface area contributed by atoms with E-state index in [1.54, 1.807) is 24.8 Å². The second-order valence-electron chi connectivity index (χ2n) is 8.11. The van der Waals surface area contributed by atoms with Gasteiger partial charge in [-0.3, -0.25) is 14.8 Å². The molecule has 1 aromatic carbocycles. The predicted molar refractivity (Wildman–Crippen MR) is 125 cm³/mol. The van der Waals surface area contributed by atoms with Crippen molar-refractivity contribution in [2.24, 2.45) is 0 Å². The monoisotopic (exact) mass is 447 g/mol. The number of nitrogens with one attached hydrogen (secondary N) is 1. The normalized spacial score (nSPS) is 15.8. The van der Waals surface area contributed by atoms with E-state index >= 15 is 0 Å². The van der Waals surface area contributed by atoms with Gasteiger partial charge in [-0.15, -0.1) is 0 Å². The number of ether oxygens (including phenoxy) is 2. The summed E-state index contributed by atoms with van der Waals surface area (Å²) in [5.41, 5.74) is 3.94. The number of aryl methyl sites for hydroxylation is 2. The Balaban J connectivity index is 1.25. The Morgan fingerprint density at radius 3 is 2.85 bits per heavy atom. The van der Waals surface area contributed by atoms with Gasteiger partial charge in [-0.2, -0.15) is 0 Å². The number of nitrogens with zero attached hydrogens (tertiary/aromatic N) is 4. The van der Waals surface area contributed by atoms with Gasteiger partial charge in [0.05, 0.1) is 43.5 Å². The third-order valence-electron chi connectivity index (χ3n) is 5.49. The third-order valence-corrected chi connectivity index (χ3v) is 5.49. The molecule has 1 N–H and O–H groups in total. The highest BCUT2D eigenvalue weighted by atomic mass is 16.5. The van der Waals surface area contributed by atoms with Crippen LogP contribution in [-0.2, 0) is 9.53 Å². The van der Waals surface area contributed by atoms with Crippen molar-refractivity contribution in [1.29, 1.82) is 0 Å². The van der Waals surface area contributed by atoms with Crippen LogP contribution in [0.25, 0.3) is 0 Å². The van der Waals surface area contributed by atoms with Crippen molar-refractivity contribution in [2.75, 3.05) is 31.6 Å². The molecule has 2 aromatic heterocycles. The van der Waals surface area contributed by atoms with Crippen molar-refractivity contribution in [2.45, 2.75) is 32.8 Å². The zero-order valence-corrected chi connectivity index (χ0v) is 19.0. The standard InChI is InChI=1S/C25H29N5O3/c1-18-5-8-22(19(2)14-18)32-12-3-4-25(31)30-11-13-33-23(17-30)21-7-6-20(15-28-21)29-24-16-26-9-10-27-24/h5-10,14-16,23H,3-4,11-13,17H2,1-2H3,(H,27,29)/t23-/m0/s1. The minimum Gasteiger partial charge on any atom is -0.493 e. The smallest absolute Gasteiger partial charge is 0.222 e. The van der Waals surface area contributed by atoms with Gasteiger partial charge in [0.1, 0.15) is 17.7 Å². The van der Waals surface area contributed by atoms with Gasteiger partial charge >= 0.3 is 0 Å². The summed E-state index contributed by atoms with van der Waals surface area (Å²) in [7, 11) is 0. The van der Waals surface area contributed by atoms with E-state index in [0.717, 1.165) is 22.7 Å². The Morgan fingerprint density at radius 2 is 2.09 bits per heavy atom. The number of morpholine rings is 1. The Labute approximate surface area is 194 Å². The first-order chi connectivity index (χ1) is 16.1. The fourth-order valence-corrected chi connectivity index (χ4v) is 3.76. The highest BCUT2D eigenvalue weighted by Gasteiger charge is 2.26. The summed E-state index contributed by atoms with van der Waals surface area (Å²) < 4.78 is 11.7. The van der Waals surface area contributed by atoms with E-state index in [1.807, 2.05) is 36.1 Å². The number of amides is 1. The molecule has 0 unspecified atom stereocenters. The average Bonchev–Trinajstić information content (AvgIpc) is 2.84. The molecular formula is C25H29N5O3. The van der Waals surface area contributed by atoms with E-state index in [4.69, 9.17) is 9.47 Å². The Bertz CT molecular complexity index is 1060. The molecule has 1 saturated heterocycles. The van der Waals surface area contributed by atoms with Crippen LogP contribution in [0.4, 0.5) is 11.5 Å². The van der Waals surface area contributed by atoms with Crippen LogP contribution in [0.1, 0.15) is 35.8 Å². The quantitative estimate of drug-likeness (QED) is 0.522. The fourth-order valence-electron chi connectivity index (χ4n) is 3.76. The van der Waals surface area contributed by atoms with Crippen molar-refractivity contribution >= 4 is 17.4 Å². The number of carbonyl (C=O) groups is 1. The number of aromatic nitrogens is 3. The van der Waals surface area contributed by atoms with Gasteiger partial charge in [0.25, 0.3) is 0 Å². The molecule has 1 amide bonds. The van der Waals surface area contributed by atoms with Crippen LogP contribution < -0.4 is 10.1 Å². The van der Waals surface area contributed by atoms with Gasteiger partial charge in [-0.1, -0.05) is 17.7 Å². The van der Waals surface area contributed by atoms with Gasteiger partial charge in [0.15, 0.2) is 0 Å². The lowest BCUT2D eigenvalue weighted by Crippen LogP contribution is -2.42. The Morgan fingerprint density at radius 1 is 1.18 bits per heavy atom. The van der Waals surface area contributed by atoms with E-state index < -0.39 is 0 Å². The van der Waals surface area contributed by atoms with E-state index in [0.29, 0.717) is 45.0 Å². The number of hydrogen-bond acceptors (Lipinski definition) is 7. The van der Waals surface area contributed by atoms with Crippen LogP contribution in [0, 0.1) is 13.8 Å². The van der Waals surface area contributed by atoms with E-state index in [-0.39, 0.29) is 12.0 Å². The highest BCUT2D eigenvalue weighted by molar-refractivity contribution is 5.76. The van der Waals surface area contributed by atoms with Gasteiger partial charge < -0.3 is 19.7 Å². The molecule has 1 atom stereocenters. The zero-order chi connectivity index (χ0) is 23.0. The summed E-state index contributed by atoms with van der Waals surface area (Å²) >= 11 is 0. The summed E-state index contributed by atoms with van der Waals surface area (Å²) in [5, 5.41) is 3.15. The summed E-state index contributed by atoms with van der Waals surface area (Å²) in [4.78, 5) is 27.3. The number of benzene rings is 1. The largest absolute Gasteiger partial charge is 0.493 e. The minimum absolute atomic E-state index is 0.119. The van der Waals surface area contributed by atoms with Gasteiger partial charge in [0, 0.05) is 25.4 Å². The van der Waals surface area contributed by atoms with Crippen molar-refractivity contribution < 1.29 is 14.3 Å². The lowest BCUT2D eigenvalue weighted by Gasteiger charge is -2.32. The van der Waals surface area contributed by atoms with Gasteiger partial charge in [-0.05, 0) is 44.0 Å². The minimum atomic E-state index is -0.236. The molecule has 0 spiro atoms. The summed E-state index contributed by atoms with van der Waals surface area (Å²) in [6.45, 7) is 6.21. The highest BCUT2D eigenvalue weighted by Crippen LogP contribution is 2.23. The molecule has 8 nitrogen and oxygen atoms in total. The molecule has 8 heteroatoms. The number of carbonyl (C=O) groups excluding carboxylic acids is 1. The van der Waals surface area contributed by atoms with E-state index in [9.17, 15) is 4.79 Å². The Hall–Kier alpha value is -3.52. The van der Waals surface area contributed by atoms with Crippen LogP contribution in [0.15, 0.2) is 55.1 Å². The molecule has 0 radical (unpaired) electrons. The van der Waals surface area contributed by atoms with Crippen molar-refractivity contribution in [3.8, 4) is 5.75 Å². The lowest BCUT2D eigenvalue weighted by molar-refractivity contribution is -0.139.